The molecule has 0 spiro atoms. The number of benzene rings is 2. The molecule has 0 aliphatic heterocycles. The average Bonchev–Trinajstić information content (AvgIpc) is 2.72. The van der Waals surface area contributed by atoms with Gasteiger partial charge in [-0.25, -0.2) is 4.79 Å². The van der Waals surface area contributed by atoms with Crippen LogP contribution in [-0.2, 0) is 16.0 Å². The Balaban J connectivity index is 1.76. The van der Waals surface area contributed by atoms with Crippen molar-refractivity contribution < 1.29 is 37.3 Å². The summed E-state index contributed by atoms with van der Waals surface area (Å²) < 4.78 is 43.6. The molecule has 1 N–H and O–H groups in total. The number of carbonyl (C=O) groups excluding carboxylic acids is 2. The van der Waals surface area contributed by atoms with Crippen LogP contribution >= 0.6 is 0 Å². The molecule has 0 radical (unpaired) electrons. The van der Waals surface area contributed by atoms with Gasteiger partial charge in [0, 0.05) is 12.6 Å². The van der Waals surface area contributed by atoms with E-state index >= 15 is 0 Å². The predicted molar refractivity (Wildman–Crippen MR) is 99.6 cm³/mol. The van der Waals surface area contributed by atoms with Crippen LogP contribution in [0.4, 0.5) is 8.78 Å². The van der Waals surface area contributed by atoms with Gasteiger partial charge in [0.05, 0.1) is 19.8 Å². The first kappa shape index (κ1) is 21.9. The van der Waals surface area contributed by atoms with Crippen molar-refractivity contribution in [3.63, 3.8) is 0 Å². The Morgan fingerprint density at radius 2 is 1.59 bits per heavy atom. The topological polar surface area (TPSA) is 83.1 Å². The van der Waals surface area contributed by atoms with Gasteiger partial charge in [0.15, 0.2) is 6.61 Å². The zero-order valence-electron chi connectivity index (χ0n) is 15.9. The molecule has 2 rings (SSSR count). The van der Waals surface area contributed by atoms with Gasteiger partial charge in [-0.2, -0.15) is 8.78 Å². The van der Waals surface area contributed by atoms with Crippen LogP contribution in [0.25, 0.3) is 0 Å². The number of hydrogen-bond acceptors (Lipinski definition) is 6. The third kappa shape index (κ3) is 7.28. The Kier molecular flexibility index (Phi) is 8.20. The van der Waals surface area contributed by atoms with E-state index in [1.165, 1.54) is 38.5 Å². The highest BCUT2D eigenvalue weighted by molar-refractivity contribution is 5.92. The van der Waals surface area contributed by atoms with Gasteiger partial charge in [0.1, 0.15) is 17.2 Å². The molecular formula is C20H21F2NO6. The van der Waals surface area contributed by atoms with Crippen molar-refractivity contribution in [1.82, 2.24) is 5.32 Å². The highest BCUT2D eigenvalue weighted by atomic mass is 19.3. The number of nitrogens with one attached hydrogen (secondary N) is 1. The number of amides is 1. The van der Waals surface area contributed by atoms with Crippen molar-refractivity contribution in [3.8, 4) is 17.2 Å². The first-order valence-electron chi connectivity index (χ1n) is 8.62. The highest BCUT2D eigenvalue weighted by Gasteiger charge is 2.13. The molecule has 156 valence electrons. The number of rotatable bonds is 10. The van der Waals surface area contributed by atoms with Gasteiger partial charge < -0.3 is 24.3 Å². The lowest BCUT2D eigenvalue weighted by atomic mass is 10.1. The Morgan fingerprint density at radius 3 is 2.14 bits per heavy atom. The molecule has 0 aliphatic rings. The van der Waals surface area contributed by atoms with Crippen LogP contribution in [-0.4, -0.2) is 45.9 Å². The van der Waals surface area contributed by atoms with E-state index in [4.69, 9.17) is 14.2 Å². The third-order valence-electron chi connectivity index (χ3n) is 3.81. The lowest BCUT2D eigenvalue weighted by Gasteiger charge is -2.09. The monoisotopic (exact) mass is 409 g/mol. The molecule has 7 nitrogen and oxygen atoms in total. The van der Waals surface area contributed by atoms with Gasteiger partial charge in [0.2, 0.25) is 0 Å². The quantitative estimate of drug-likeness (QED) is 0.608. The number of esters is 1. The van der Waals surface area contributed by atoms with E-state index in [1.807, 2.05) is 0 Å². The second-order valence-corrected chi connectivity index (χ2v) is 5.80. The number of carbonyl (C=O) groups is 2. The summed E-state index contributed by atoms with van der Waals surface area (Å²) >= 11 is 0. The van der Waals surface area contributed by atoms with E-state index in [0.717, 1.165) is 5.56 Å². The Morgan fingerprint density at radius 1 is 0.966 bits per heavy atom. The van der Waals surface area contributed by atoms with Crippen LogP contribution in [0.5, 0.6) is 17.2 Å². The molecule has 0 unspecified atom stereocenters. The van der Waals surface area contributed by atoms with Crippen LogP contribution in [0.1, 0.15) is 15.9 Å². The summed E-state index contributed by atoms with van der Waals surface area (Å²) in [6.45, 7) is -3.03. The summed E-state index contributed by atoms with van der Waals surface area (Å²) in [7, 11) is 2.91. The zero-order valence-corrected chi connectivity index (χ0v) is 15.9. The van der Waals surface area contributed by atoms with Gasteiger partial charge in [-0.1, -0.05) is 12.1 Å². The van der Waals surface area contributed by atoms with E-state index in [-0.39, 0.29) is 11.3 Å². The van der Waals surface area contributed by atoms with Crippen LogP contribution in [0, 0.1) is 0 Å². The van der Waals surface area contributed by atoms with Crippen molar-refractivity contribution in [1.29, 1.82) is 0 Å². The molecule has 0 aliphatic carbocycles. The van der Waals surface area contributed by atoms with Crippen molar-refractivity contribution >= 4 is 11.9 Å². The van der Waals surface area contributed by atoms with Crippen molar-refractivity contribution in [2.24, 2.45) is 0 Å². The first-order chi connectivity index (χ1) is 13.9. The highest BCUT2D eigenvalue weighted by Crippen LogP contribution is 2.23. The van der Waals surface area contributed by atoms with E-state index < -0.39 is 25.1 Å². The fourth-order valence-corrected chi connectivity index (χ4v) is 2.37. The third-order valence-corrected chi connectivity index (χ3v) is 3.81. The molecule has 0 fully saturated rings. The van der Waals surface area contributed by atoms with Crippen LogP contribution in [0.15, 0.2) is 42.5 Å². The van der Waals surface area contributed by atoms with Gasteiger partial charge in [-0.15, -0.1) is 0 Å². The summed E-state index contributed by atoms with van der Waals surface area (Å²) in [4.78, 5) is 24.0. The Bertz CT molecular complexity index is 804. The van der Waals surface area contributed by atoms with Crippen LogP contribution < -0.4 is 19.5 Å². The standard InChI is InChI=1S/C20H21F2NO6/c1-26-16-9-14(10-17(11-16)27-2)19(25)28-12-18(24)23-8-7-13-3-5-15(6-4-13)29-20(21)22/h3-6,9-11,20H,7-8,12H2,1-2H3,(H,23,24). The maximum Gasteiger partial charge on any atom is 0.387 e. The normalized spacial score (nSPS) is 10.4. The molecule has 2 aromatic rings. The lowest BCUT2D eigenvalue weighted by molar-refractivity contribution is -0.124. The Labute approximate surface area is 166 Å². The van der Waals surface area contributed by atoms with Gasteiger partial charge in [-0.05, 0) is 36.2 Å². The minimum absolute atomic E-state index is 0.0638. The predicted octanol–water partition coefficient (Wildman–Crippen LogP) is 2.82. The SMILES string of the molecule is COc1cc(OC)cc(C(=O)OCC(=O)NCCc2ccc(OC(F)F)cc2)c1. The van der Waals surface area contributed by atoms with E-state index in [2.05, 4.69) is 10.1 Å². The molecule has 0 saturated carbocycles. The molecule has 0 bridgehead atoms. The maximum atomic E-state index is 12.1. The van der Waals surface area contributed by atoms with Gasteiger partial charge >= 0.3 is 12.6 Å². The van der Waals surface area contributed by atoms with E-state index in [0.29, 0.717) is 24.5 Å². The van der Waals surface area contributed by atoms with Gasteiger partial charge in [0.25, 0.3) is 5.91 Å². The number of hydrogen-bond donors (Lipinski definition) is 1. The maximum absolute atomic E-state index is 12.1. The number of ether oxygens (including phenoxy) is 4. The summed E-state index contributed by atoms with van der Waals surface area (Å²) in [5, 5.41) is 2.61. The summed E-state index contributed by atoms with van der Waals surface area (Å²) in [6.07, 6.45) is 0.474. The van der Waals surface area contributed by atoms with Crippen LogP contribution in [0.3, 0.4) is 0 Å². The second kappa shape index (κ2) is 10.8. The summed E-state index contributed by atoms with van der Waals surface area (Å²) in [6, 6.07) is 10.7. The molecule has 0 aromatic heterocycles. The summed E-state index contributed by atoms with van der Waals surface area (Å²) in [5.41, 5.74) is 1.02. The second-order valence-electron chi connectivity index (χ2n) is 5.80. The fourth-order valence-electron chi connectivity index (χ4n) is 2.37. The Hall–Kier alpha value is -3.36. The molecule has 2 aromatic carbocycles. The number of halogens is 2. The number of methoxy groups -OCH3 is 2. The molecule has 29 heavy (non-hydrogen) atoms. The minimum Gasteiger partial charge on any atom is -0.497 e. The molecule has 0 atom stereocenters. The fraction of sp³-hybridized carbons (Fsp3) is 0.300. The van der Waals surface area contributed by atoms with Crippen molar-refractivity contribution in [2.45, 2.75) is 13.0 Å². The molecule has 0 heterocycles. The minimum atomic E-state index is -2.87. The van der Waals surface area contributed by atoms with Crippen molar-refractivity contribution in [3.05, 3.63) is 53.6 Å². The molecular weight excluding hydrogens is 388 g/mol. The molecule has 1 amide bonds. The van der Waals surface area contributed by atoms with Gasteiger partial charge in [-0.3, -0.25) is 4.79 Å². The zero-order chi connectivity index (χ0) is 21.2. The van der Waals surface area contributed by atoms with E-state index in [1.54, 1.807) is 18.2 Å². The smallest absolute Gasteiger partial charge is 0.387 e. The van der Waals surface area contributed by atoms with Crippen molar-refractivity contribution in [2.75, 3.05) is 27.4 Å². The van der Waals surface area contributed by atoms with E-state index in [9.17, 15) is 18.4 Å². The summed E-state index contributed by atoms with van der Waals surface area (Å²) in [5.74, 6) is -0.247. The molecule has 9 heteroatoms. The lowest BCUT2D eigenvalue weighted by Crippen LogP contribution is -2.30. The first-order valence-corrected chi connectivity index (χ1v) is 8.62. The van der Waals surface area contributed by atoms with Crippen LogP contribution in [0.2, 0.25) is 0 Å². The number of alkyl halides is 2. The largest absolute Gasteiger partial charge is 0.497 e. The average molecular weight is 409 g/mol. The molecule has 0 saturated heterocycles.